The molecular weight excluding hydrogens is 280 g/mol. The number of nitrogens with zero attached hydrogens (tertiary/aromatic N) is 1. The Balaban J connectivity index is 2.48. The van der Waals surface area contributed by atoms with Crippen molar-refractivity contribution >= 4 is 17.5 Å². The Morgan fingerprint density at radius 3 is 2.90 bits per heavy atom. The SMILES string of the molecule is CC1(C)Oc2ccc(C#N)cc2C(NC(=O)CCl)C1O. The number of hydrogen-bond donors (Lipinski definition) is 2. The number of amides is 1. The van der Waals surface area contributed by atoms with E-state index in [1.54, 1.807) is 32.0 Å². The Morgan fingerprint density at radius 1 is 1.60 bits per heavy atom. The number of aliphatic hydroxyl groups excluding tert-OH is 1. The van der Waals surface area contributed by atoms with Gasteiger partial charge in [-0.25, -0.2) is 0 Å². The number of nitriles is 1. The maximum atomic E-state index is 11.5. The lowest BCUT2D eigenvalue weighted by Crippen LogP contribution is -2.53. The van der Waals surface area contributed by atoms with Gasteiger partial charge in [0.25, 0.3) is 0 Å². The highest BCUT2D eigenvalue weighted by Gasteiger charge is 2.43. The Morgan fingerprint density at radius 2 is 2.30 bits per heavy atom. The number of rotatable bonds is 2. The average molecular weight is 295 g/mol. The molecule has 1 heterocycles. The van der Waals surface area contributed by atoms with Crippen molar-refractivity contribution in [3.05, 3.63) is 29.3 Å². The molecular formula is C14H15ClN2O3. The average Bonchev–Trinajstić information content (AvgIpc) is 2.43. The molecule has 0 radical (unpaired) electrons. The van der Waals surface area contributed by atoms with Crippen LogP contribution in [0.2, 0.25) is 0 Å². The molecule has 2 unspecified atom stereocenters. The first-order valence-electron chi connectivity index (χ1n) is 6.15. The van der Waals surface area contributed by atoms with E-state index in [2.05, 4.69) is 5.32 Å². The molecule has 1 aromatic carbocycles. The van der Waals surface area contributed by atoms with Crippen LogP contribution in [-0.4, -0.2) is 28.6 Å². The molecule has 6 heteroatoms. The van der Waals surface area contributed by atoms with Crippen LogP contribution in [0.15, 0.2) is 18.2 Å². The third-order valence-electron chi connectivity index (χ3n) is 3.31. The monoisotopic (exact) mass is 294 g/mol. The second kappa shape index (κ2) is 5.31. The summed E-state index contributed by atoms with van der Waals surface area (Å²) in [5.41, 5.74) is 0.157. The molecule has 106 valence electrons. The zero-order valence-electron chi connectivity index (χ0n) is 11.2. The number of hydrogen-bond acceptors (Lipinski definition) is 4. The topological polar surface area (TPSA) is 82.3 Å². The van der Waals surface area contributed by atoms with E-state index in [-0.39, 0.29) is 11.8 Å². The van der Waals surface area contributed by atoms with Crippen molar-refractivity contribution < 1.29 is 14.6 Å². The standard InChI is InChI=1S/C14H15ClN2O3/c1-14(2)13(19)12(17-11(18)6-15)9-5-8(7-16)3-4-10(9)20-14/h3-5,12-13,19H,6H2,1-2H3,(H,17,18). The quantitative estimate of drug-likeness (QED) is 0.810. The van der Waals surface area contributed by atoms with Crippen molar-refractivity contribution in [1.29, 1.82) is 5.26 Å². The normalized spacial score (nSPS) is 23.1. The van der Waals surface area contributed by atoms with Gasteiger partial charge in [-0.05, 0) is 32.0 Å². The van der Waals surface area contributed by atoms with Crippen LogP contribution in [-0.2, 0) is 4.79 Å². The highest BCUT2D eigenvalue weighted by atomic mass is 35.5. The second-order valence-corrected chi connectivity index (χ2v) is 5.46. The van der Waals surface area contributed by atoms with Gasteiger partial charge in [0.1, 0.15) is 23.3 Å². The largest absolute Gasteiger partial charge is 0.485 e. The predicted molar refractivity (Wildman–Crippen MR) is 73.5 cm³/mol. The smallest absolute Gasteiger partial charge is 0.235 e. The summed E-state index contributed by atoms with van der Waals surface area (Å²) in [5, 5.41) is 22.0. The van der Waals surface area contributed by atoms with E-state index < -0.39 is 17.7 Å². The van der Waals surface area contributed by atoms with Gasteiger partial charge in [0.05, 0.1) is 17.7 Å². The van der Waals surface area contributed by atoms with Crippen molar-refractivity contribution in [1.82, 2.24) is 5.32 Å². The number of alkyl halides is 1. The summed E-state index contributed by atoms with van der Waals surface area (Å²) >= 11 is 5.50. The van der Waals surface area contributed by atoms with Gasteiger partial charge in [0.2, 0.25) is 5.91 Å². The van der Waals surface area contributed by atoms with Gasteiger partial charge in [-0.2, -0.15) is 5.26 Å². The van der Waals surface area contributed by atoms with Gasteiger partial charge < -0.3 is 15.2 Å². The number of fused-ring (bicyclic) bond motifs is 1. The number of benzene rings is 1. The van der Waals surface area contributed by atoms with E-state index in [9.17, 15) is 9.90 Å². The molecule has 0 fully saturated rings. The van der Waals surface area contributed by atoms with Crippen molar-refractivity contribution in [2.24, 2.45) is 0 Å². The number of halogens is 1. The summed E-state index contributed by atoms with van der Waals surface area (Å²) in [5.74, 6) is -0.0430. The van der Waals surface area contributed by atoms with Gasteiger partial charge in [-0.1, -0.05) is 0 Å². The molecule has 0 saturated heterocycles. The molecule has 2 rings (SSSR count). The first-order chi connectivity index (χ1) is 9.39. The molecule has 0 spiro atoms. The number of carbonyl (C=O) groups excluding carboxylic acids is 1. The minimum Gasteiger partial charge on any atom is -0.485 e. The van der Waals surface area contributed by atoms with E-state index in [0.717, 1.165) is 0 Å². The molecule has 0 aromatic heterocycles. The fourth-order valence-electron chi connectivity index (χ4n) is 2.24. The van der Waals surface area contributed by atoms with Crippen LogP contribution < -0.4 is 10.1 Å². The van der Waals surface area contributed by atoms with Crippen LogP contribution in [0.25, 0.3) is 0 Å². The molecule has 0 aliphatic carbocycles. The molecule has 1 aliphatic heterocycles. The number of ether oxygens (including phenoxy) is 1. The van der Waals surface area contributed by atoms with Crippen LogP contribution in [0.3, 0.4) is 0 Å². The van der Waals surface area contributed by atoms with E-state index in [1.807, 2.05) is 6.07 Å². The number of aliphatic hydroxyl groups is 1. The maximum absolute atomic E-state index is 11.5. The molecule has 1 aromatic rings. The van der Waals surface area contributed by atoms with E-state index >= 15 is 0 Å². The van der Waals surface area contributed by atoms with Gasteiger partial charge >= 0.3 is 0 Å². The minimum atomic E-state index is -0.948. The molecule has 0 bridgehead atoms. The van der Waals surface area contributed by atoms with Crippen LogP contribution in [0.4, 0.5) is 0 Å². The van der Waals surface area contributed by atoms with E-state index in [1.165, 1.54) is 0 Å². The molecule has 1 aliphatic rings. The summed E-state index contributed by atoms with van der Waals surface area (Å²) in [4.78, 5) is 11.5. The molecule has 0 saturated carbocycles. The lowest BCUT2D eigenvalue weighted by molar-refractivity contribution is -0.123. The molecule has 20 heavy (non-hydrogen) atoms. The molecule has 5 nitrogen and oxygen atoms in total. The summed E-state index contributed by atoms with van der Waals surface area (Å²) in [6.07, 6.45) is -0.948. The van der Waals surface area contributed by atoms with Crippen molar-refractivity contribution in [2.75, 3.05) is 5.88 Å². The molecule has 2 atom stereocenters. The zero-order valence-corrected chi connectivity index (χ0v) is 11.9. The third-order valence-corrected chi connectivity index (χ3v) is 3.56. The van der Waals surface area contributed by atoms with Gasteiger partial charge in [0.15, 0.2) is 0 Å². The number of nitrogens with one attached hydrogen (secondary N) is 1. The van der Waals surface area contributed by atoms with Crippen molar-refractivity contribution in [3.8, 4) is 11.8 Å². The van der Waals surface area contributed by atoms with Gasteiger partial charge in [-0.3, -0.25) is 4.79 Å². The lowest BCUT2D eigenvalue weighted by Gasteiger charge is -2.42. The van der Waals surface area contributed by atoms with Crippen LogP contribution in [0.1, 0.15) is 31.0 Å². The van der Waals surface area contributed by atoms with Crippen LogP contribution >= 0.6 is 11.6 Å². The minimum absolute atomic E-state index is 0.197. The summed E-state index contributed by atoms with van der Waals surface area (Å²) < 4.78 is 5.73. The Bertz CT molecular complexity index is 580. The predicted octanol–water partition coefficient (Wildman–Crippen LogP) is 1.49. The second-order valence-electron chi connectivity index (χ2n) is 5.19. The zero-order chi connectivity index (χ0) is 14.9. The highest BCUT2D eigenvalue weighted by molar-refractivity contribution is 6.27. The number of carbonyl (C=O) groups is 1. The fourth-order valence-corrected chi connectivity index (χ4v) is 2.32. The molecule has 1 amide bonds. The molecule has 2 N–H and O–H groups in total. The summed E-state index contributed by atoms with van der Waals surface area (Å²) in [7, 11) is 0. The third kappa shape index (κ3) is 2.58. The van der Waals surface area contributed by atoms with Crippen LogP contribution in [0, 0.1) is 11.3 Å². The lowest BCUT2D eigenvalue weighted by atomic mass is 9.86. The van der Waals surface area contributed by atoms with Gasteiger partial charge in [0, 0.05) is 5.56 Å². The van der Waals surface area contributed by atoms with Gasteiger partial charge in [-0.15, -0.1) is 11.6 Å². The Labute approximate surface area is 122 Å². The first-order valence-corrected chi connectivity index (χ1v) is 6.69. The Kier molecular flexibility index (Phi) is 3.89. The summed E-state index contributed by atoms with van der Waals surface area (Å²) in [6.45, 7) is 3.47. The highest BCUT2D eigenvalue weighted by Crippen LogP contribution is 2.40. The maximum Gasteiger partial charge on any atom is 0.235 e. The Hall–Kier alpha value is -1.77. The van der Waals surface area contributed by atoms with E-state index in [0.29, 0.717) is 16.9 Å². The van der Waals surface area contributed by atoms with E-state index in [4.69, 9.17) is 21.6 Å². The van der Waals surface area contributed by atoms with Crippen LogP contribution in [0.5, 0.6) is 5.75 Å². The summed E-state index contributed by atoms with van der Waals surface area (Å²) in [6, 6.07) is 6.27. The fraction of sp³-hybridized carbons (Fsp3) is 0.429. The first kappa shape index (κ1) is 14.6. The van der Waals surface area contributed by atoms with Crippen molar-refractivity contribution in [3.63, 3.8) is 0 Å². The van der Waals surface area contributed by atoms with Crippen molar-refractivity contribution in [2.45, 2.75) is 31.6 Å².